The van der Waals surface area contributed by atoms with Gasteiger partial charge < -0.3 is 5.32 Å². The van der Waals surface area contributed by atoms with Crippen molar-refractivity contribution >= 4 is 21.6 Å². The summed E-state index contributed by atoms with van der Waals surface area (Å²) in [4.78, 5) is 1.40. The lowest BCUT2D eigenvalue weighted by Crippen LogP contribution is -2.39. The van der Waals surface area contributed by atoms with E-state index in [0.717, 1.165) is 25.1 Å². The highest BCUT2D eigenvalue weighted by Crippen LogP contribution is 2.38. The van der Waals surface area contributed by atoms with Crippen molar-refractivity contribution < 1.29 is 8.42 Å². The molecule has 0 amide bonds. The fraction of sp³-hybridized carbons (Fsp3) is 0.571. The molecule has 0 bridgehead atoms. The molecule has 1 aromatic carbocycles. The first-order valence-electron chi connectivity index (χ1n) is 6.79. The maximum atomic E-state index is 11.4. The van der Waals surface area contributed by atoms with Crippen LogP contribution in [-0.2, 0) is 9.84 Å². The van der Waals surface area contributed by atoms with Gasteiger partial charge in [-0.15, -0.1) is 11.8 Å². The number of sulfone groups is 1. The van der Waals surface area contributed by atoms with E-state index in [1.165, 1.54) is 10.5 Å². The molecule has 19 heavy (non-hydrogen) atoms. The van der Waals surface area contributed by atoms with Gasteiger partial charge in [0, 0.05) is 29.2 Å². The predicted molar refractivity (Wildman–Crippen MR) is 79.6 cm³/mol. The molecule has 0 saturated carbocycles. The van der Waals surface area contributed by atoms with Gasteiger partial charge in [-0.2, -0.15) is 0 Å². The lowest BCUT2D eigenvalue weighted by atomic mass is 10.0. The third-order valence-electron chi connectivity index (χ3n) is 4.01. The van der Waals surface area contributed by atoms with E-state index in [9.17, 15) is 8.42 Å². The molecule has 3 nitrogen and oxygen atoms in total. The Morgan fingerprint density at radius 3 is 2.74 bits per heavy atom. The summed E-state index contributed by atoms with van der Waals surface area (Å²) in [5, 5.41) is 3.56. The van der Waals surface area contributed by atoms with Gasteiger partial charge in [-0.1, -0.05) is 18.2 Å². The number of hydrogen-bond donors (Lipinski definition) is 1. The van der Waals surface area contributed by atoms with E-state index in [1.807, 2.05) is 11.8 Å². The van der Waals surface area contributed by atoms with E-state index in [0.29, 0.717) is 23.5 Å². The zero-order chi connectivity index (χ0) is 13.3. The molecule has 104 valence electrons. The van der Waals surface area contributed by atoms with Crippen LogP contribution in [0.5, 0.6) is 0 Å². The number of nitrogens with one attached hydrogen (secondary N) is 1. The quantitative estimate of drug-likeness (QED) is 0.927. The first-order valence-corrected chi connectivity index (χ1v) is 9.60. The van der Waals surface area contributed by atoms with Crippen LogP contribution in [0.25, 0.3) is 0 Å². The predicted octanol–water partition coefficient (Wildman–Crippen LogP) is 2.04. The van der Waals surface area contributed by atoms with Crippen molar-refractivity contribution in [3.63, 3.8) is 0 Å². The van der Waals surface area contributed by atoms with Crippen molar-refractivity contribution in [2.75, 3.05) is 23.8 Å². The zero-order valence-corrected chi connectivity index (χ0v) is 12.5. The summed E-state index contributed by atoms with van der Waals surface area (Å²) in [5.74, 6) is 2.40. The molecule has 0 aromatic heterocycles. The summed E-state index contributed by atoms with van der Waals surface area (Å²) in [7, 11) is -2.75. The highest BCUT2D eigenvalue weighted by molar-refractivity contribution is 7.99. The van der Waals surface area contributed by atoms with Gasteiger partial charge in [-0.05, 0) is 24.5 Å². The van der Waals surface area contributed by atoms with Crippen molar-refractivity contribution in [2.45, 2.75) is 29.7 Å². The molecular formula is C14H19NO2S2. The Bertz CT molecular complexity index is 542. The largest absolute Gasteiger partial charge is 0.313 e. The summed E-state index contributed by atoms with van der Waals surface area (Å²) >= 11 is 1.93. The van der Waals surface area contributed by atoms with Crippen LogP contribution in [0.4, 0.5) is 0 Å². The molecule has 2 aliphatic heterocycles. The third kappa shape index (κ3) is 3.15. The fourth-order valence-electron chi connectivity index (χ4n) is 2.80. The number of thioether (sulfide) groups is 1. The van der Waals surface area contributed by atoms with E-state index in [4.69, 9.17) is 0 Å². The maximum absolute atomic E-state index is 11.4. The second-order valence-electron chi connectivity index (χ2n) is 5.38. The molecule has 1 atom stereocenters. The molecule has 0 aliphatic carbocycles. The smallest absolute Gasteiger partial charge is 0.150 e. The van der Waals surface area contributed by atoms with E-state index in [1.54, 1.807) is 0 Å². The Labute approximate surface area is 119 Å². The topological polar surface area (TPSA) is 46.2 Å². The molecular weight excluding hydrogens is 278 g/mol. The van der Waals surface area contributed by atoms with Crippen molar-refractivity contribution in [1.82, 2.24) is 5.32 Å². The monoisotopic (exact) mass is 297 g/mol. The Kier molecular flexibility index (Phi) is 3.87. The second-order valence-corrected chi connectivity index (χ2v) is 8.75. The van der Waals surface area contributed by atoms with E-state index in [2.05, 4.69) is 29.6 Å². The van der Waals surface area contributed by atoms with Crippen LogP contribution in [0.1, 0.15) is 24.3 Å². The van der Waals surface area contributed by atoms with E-state index >= 15 is 0 Å². The normalized spacial score (nSPS) is 26.2. The number of hydrogen-bond acceptors (Lipinski definition) is 4. The Hall–Kier alpha value is -0.520. The summed E-state index contributed by atoms with van der Waals surface area (Å²) < 4.78 is 22.8. The van der Waals surface area contributed by atoms with Crippen molar-refractivity contribution in [3.8, 4) is 0 Å². The molecule has 1 saturated heterocycles. The van der Waals surface area contributed by atoms with Gasteiger partial charge in [0.2, 0.25) is 0 Å². The Morgan fingerprint density at radius 2 is 1.95 bits per heavy atom. The first-order chi connectivity index (χ1) is 9.14. The van der Waals surface area contributed by atoms with Crippen LogP contribution in [-0.4, -0.2) is 38.3 Å². The van der Waals surface area contributed by atoms with E-state index in [-0.39, 0.29) is 0 Å². The average molecular weight is 297 g/mol. The van der Waals surface area contributed by atoms with Gasteiger partial charge in [0.05, 0.1) is 11.5 Å². The van der Waals surface area contributed by atoms with Gasteiger partial charge in [-0.3, -0.25) is 0 Å². The maximum Gasteiger partial charge on any atom is 0.150 e. The lowest BCUT2D eigenvalue weighted by molar-refractivity contribution is 0.452. The van der Waals surface area contributed by atoms with Crippen molar-refractivity contribution in [2.24, 2.45) is 0 Å². The molecule has 3 rings (SSSR count). The molecule has 0 spiro atoms. The molecule has 5 heteroatoms. The molecule has 1 fully saturated rings. The lowest BCUT2D eigenvalue weighted by Gasteiger charge is -2.24. The Morgan fingerprint density at radius 1 is 1.21 bits per heavy atom. The van der Waals surface area contributed by atoms with Crippen LogP contribution in [0.15, 0.2) is 29.2 Å². The first kappa shape index (κ1) is 13.5. The van der Waals surface area contributed by atoms with Crippen LogP contribution in [0.3, 0.4) is 0 Å². The molecule has 1 unspecified atom stereocenters. The van der Waals surface area contributed by atoms with Crippen molar-refractivity contribution in [3.05, 3.63) is 29.8 Å². The minimum atomic E-state index is -2.75. The second kappa shape index (κ2) is 5.46. The summed E-state index contributed by atoms with van der Waals surface area (Å²) in [5.41, 5.74) is 1.45. The van der Waals surface area contributed by atoms with Crippen LogP contribution in [0.2, 0.25) is 0 Å². The standard InChI is InChI=1S/C14H19NO2S2/c16-19(17)7-5-12(6-8-19)15-9-11-10-18-14-4-2-1-3-13(11)14/h1-4,11-12,15H,5-10H2. The third-order valence-corrected chi connectivity index (χ3v) is 6.97. The fourth-order valence-corrected chi connectivity index (χ4v) is 5.55. The molecule has 2 heterocycles. The number of rotatable bonds is 3. The number of benzene rings is 1. The molecule has 2 aliphatic rings. The van der Waals surface area contributed by atoms with Gasteiger partial charge in [-0.25, -0.2) is 8.42 Å². The SMILES string of the molecule is O=S1(=O)CCC(NCC2CSc3ccccc32)CC1. The highest BCUT2D eigenvalue weighted by atomic mass is 32.2. The van der Waals surface area contributed by atoms with Crippen LogP contribution >= 0.6 is 11.8 Å². The van der Waals surface area contributed by atoms with Gasteiger partial charge in [0.15, 0.2) is 0 Å². The summed E-state index contributed by atoms with van der Waals surface area (Å²) in [6.45, 7) is 0.967. The van der Waals surface area contributed by atoms with Gasteiger partial charge in [0.1, 0.15) is 9.84 Å². The minimum Gasteiger partial charge on any atom is -0.313 e. The minimum absolute atomic E-state index is 0.348. The number of fused-ring (bicyclic) bond motifs is 1. The Balaban J connectivity index is 1.54. The highest BCUT2D eigenvalue weighted by Gasteiger charge is 2.26. The molecule has 1 N–H and O–H groups in total. The van der Waals surface area contributed by atoms with E-state index < -0.39 is 9.84 Å². The van der Waals surface area contributed by atoms with Crippen LogP contribution in [0, 0.1) is 0 Å². The van der Waals surface area contributed by atoms with Gasteiger partial charge >= 0.3 is 0 Å². The van der Waals surface area contributed by atoms with Gasteiger partial charge in [0.25, 0.3) is 0 Å². The van der Waals surface area contributed by atoms with Crippen LogP contribution < -0.4 is 5.32 Å². The molecule has 0 radical (unpaired) electrons. The summed E-state index contributed by atoms with van der Waals surface area (Å²) in [6, 6.07) is 8.97. The van der Waals surface area contributed by atoms with Crippen molar-refractivity contribution in [1.29, 1.82) is 0 Å². The molecule has 1 aromatic rings. The average Bonchev–Trinajstić information content (AvgIpc) is 2.81. The zero-order valence-electron chi connectivity index (χ0n) is 10.8. The summed E-state index contributed by atoms with van der Waals surface area (Å²) in [6.07, 6.45) is 1.54.